The number of phenolic OH excluding ortho intramolecular Hbond substituents is 2. The maximum Gasteiger partial charge on any atom is 0.299 e. The van der Waals surface area contributed by atoms with E-state index in [0.29, 0.717) is 36.3 Å². The van der Waals surface area contributed by atoms with Gasteiger partial charge in [-0.3, -0.25) is 14.7 Å². The van der Waals surface area contributed by atoms with E-state index in [1.165, 1.54) is 23.2 Å². The number of unbranched alkanes of at least 4 members (excludes halogenated alkanes) is 4. The number of hydrogen-bond donors (Lipinski definition) is 4. The van der Waals surface area contributed by atoms with Crippen LogP contribution in [0.25, 0.3) is 5.69 Å². The predicted octanol–water partition coefficient (Wildman–Crippen LogP) is 6.48. The summed E-state index contributed by atoms with van der Waals surface area (Å²) in [4.78, 5) is 26.3. The molecule has 0 aliphatic rings. The Hall–Kier alpha value is -4.66. The SMILES string of the molecule is CCCCCCCNC(=O)c1[nH]n(-c2ccccc2)c(=O)c1N=Nc1ccc(CCc2cc(O)ccc2O)cc1. The summed E-state index contributed by atoms with van der Waals surface area (Å²) in [6.07, 6.45) is 6.56. The number of amides is 1. The van der Waals surface area contributed by atoms with Gasteiger partial charge in [-0.25, -0.2) is 4.68 Å². The maximum atomic E-state index is 13.2. The van der Waals surface area contributed by atoms with Crippen LogP contribution in [0.2, 0.25) is 0 Å². The molecule has 0 atom stereocenters. The quantitative estimate of drug-likeness (QED) is 0.0876. The Kier molecular flexibility index (Phi) is 9.88. The Morgan fingerprint density at radius 1 is 0.900 bits per heavy atom. The molecule has 4 N–H and O–H groups in total. The summed E-state index contributed by atoms with van der Waals surface area (Å²) < 4.78 is 1.30. The van der Waals surface area contributed by atoms with Crippen molar-refractivity contribution in [2.75, 3.05) is 6.54 Å². The largest absolute Gasteiger partial charge is 0.508 e. The van der Waals surface area contributed by atoms with E-state index in [1.54, 1.807) is 30.3 Å². The number of H-pyrrole nitrogens is 1. The fraction of sp³-hybridized carbons (Fsp3) is 0.290. The fourth-order valence-corrected chi connectivity index (χ4v) is 4.35. The minimum absolute atomic E-state index is 0.0595. The van der Waals surface area contributed by atoms with E-state index in [2.05, 4.69) is 27.6 Å². The van der Waals surface area contributed by atoms with Gasteiger partial charge < -0.3 is 15.5 Å². The molecule has 4 aromatic rings. The number of rotatable bonds is 13. The van der Waals surface area contributed by atoms with E-state index >= 15 is 0 Å². The molecule has 1 heterocycles. The minimum Gasteiger partial charge on any atom is -0.508 e. The summed E-state index contributed by atoms with van der Waals surface area (Å²) in [5.41, 5.74) is 2.32. The summed E-state index contributed by atoms with van der Waals surface area (Å²) >= 11 is 0. The Labute approximate surface area is 233 Å². The lowest BCUT2D eigenvalue weighted by molar-refractivity contribution is 0.0948. The monoisotopic (exact) mass is 541 g/mol. The first-order valence-electron chi connectivity index (χ1n) is 13.7. The number of benzene rings is 3. The summed E-state index contributed by atoms with van der Waals surface area (Å²) in [7, 11) is 0. The van der Waals surface area contributed by atoms with E-state index in [4.69, 9.17) is 0 Å². The zero-order chi connectivity index (χ0) is 28.3. The van der Waals surface area contributed by atoms with Gasteiger partial charge in [0.15, 0.2) is 11.4 Å². The minimum atomic E-state index is -0.467. The van der Waals surface area contributed by atoms with Crippen LogP contribution in [0.1, 0.15) is 60.6 Å². The molecule has 0 fully saturated rings. The average molecular weight is 542 g/mol. The van der Waals surface area contributed by atoms with Gasteiger partial charge >= 0.3 is 0 Å². The van der Waals surface area contributed by atoms with Crippen molar-refractivity contribution in [3.05, 3.63) is 100.0 Å². The zero-order valence-corrected chi connectivity index (χ0v) is 22.6. The topological polar surface area (TPSA) is 132 Å². The second kappa shape index (κ2) is 13.9. The first-order valence-corrected chi connectivity index (χ1v) is 13.7. The van der Waals surface area contributed by atoms with Crippen LogP contribution in [0, 0.1) is 0 Å². The van der Waals surface area contributed by atoms with Crippen molar-refractivity contribution in [2.24, 2.45) is 10.2 Å². The zero-order valence-electron chi connectivity index (χ0n) is 22.6. The maximum absolute atomic E-state index is 13.2. The van der Waals surface area contributed by atoms with E-state index in [0.717, 1.165) is 31.2 Å². The first-order chi connectivity index (χ1) is 19.5. The molecule has 0 radical (unpaired) electrons. The molecule has 0 aliphatic carbocycles. The first kappa shape index (κ1) is 28.4. The number of phenols is 2. The number of carbonyl (C=O) groups excluding carboxylic acids is 1. The molecule has 0 aliphatic heterocycles. The van der Waals surface area contributed by atoms with Crippen molar-refractivity contribution in [1.29, 1.82) is 0 Å². The summed E-state index contributed by atoms with van der Waals surface area (Å²) in [6, 6.07) is 20.8. The molecular formula is C31H35N5O4. The molecule has 0 saturated carbocycles. The standard InChI is InChI=1S/C31H35N5O4/c1-2-3-4-5-9-20-32-30(39)28-29(31(40)36(35-28)25-10-7-6-8-11-25)34-33-24-16-13-22(14-17-24)12-15-23-21-26(37)18-19-27(23)38/h6-8,10-11,13-14,16-19,21,35,37-38H,2-5,9,12,15,20H2,1H3,(H,32,39). The average Bonchev–Trinajstić information content (AvgIpc) is 3.31. The molecule has 40 heavy (non-hydrogen) atoms. The van der Waals surface area contributed by atoms with Gasteiger partial charge in [-0.05, 0) is 72.9 Å². The van der Waals surface area contributed by atoms with Crippen LogP contribution in [-0.4, -0.2) is 32.4 Å². The van der Waals surface area contributed by atoms with Crippen LogP contribution in [-0.2, 0) is 12.8 Å². The van der Waals surface area contributed by atoms with Gasteiger partial charge in [-0.15, -0.1) is 5.11 Å². The molecule has 0 spiro atoms. The number of nitrogens with one attached hydrogen (secondary N) is 2. The van der Waals surface area contributed by atoms with E-state index in [-0.39, 0.29) is 22.9 Å². The highest BCUT2D eigenvalue weighted by atomic mass is 16.3. The Bertz CT molecular complexity index is 1490. The molecule has 1 aromatic heterocycles. The van der Waals surface area contributed by atoms with Crippen molar-refractivity contribution in [3.8, 4) is 17.2 Å². The van der Waals surface area contributed by atoms with E-state index in [1.807, 2.05) is 30.3 Å². The normalized spacial score (nSPS) is 11.2. The van der Waals surface area contributed by atoms with E-state index in [9.17, 15) is 19.8 Å². The van der Waals surface area contributed by atoms with Crippen LogP contribution in [0.4, 0.5) is 11.4 Å². The third-order valence-corrected chi connectivity index (χ3v) is 6.62. The third-order valence-electron chi connectivity index (χ3n) is 6.62. The lowest BCUT2D eigenvalue weighted by atomic mass is 10.0. The van der Waals surface area contributed by atoms with Gasteiger partial charge in [0.2, 0.25) is 0 Å². The number of aryl methyl sites for hydroxylation is 2. The molecule has 9 nitrogen and oxygen atoms in total. The molecule has 0 unspecified atom stereocenters. The van der Waals surface area contributed by atoms with Crippen molar-refractivity contribution in [2.45, 2.75) is 51.9 Å². The number of aromatic amines is 1. The molecule has 1 amide bonds. The summed E-state index contributed by atoms with van der Waals surface area (Å²) in [6.45, 7) is 2.67. The number of carbonyl (C=O) groups is 1. The van der Waals surface area contributed by atoms with Crippen LogP contribution >= 0.6 is 0 Å². The van der Waals surface area contributed by atoms with Crippen molar-refractivity contribution in [1.82, 2.24) is 15.1 Å². The number of azo groups is 1. The summed E-state index contributed by atoms with van der Waals surface area (Å²) in [5.74, 6) is -0.145. The highest BCUT2D eigenvalue weighted by molar-refractivity contribution is 5.96. The number of aromatic nitrogens is 2. The Balaban J connectivity index is 1.49. The highest BCUT2D eigenvalue weighted by Gasteiger charge is 2.21. The van der Waals surface area contributed by atoms with Gasteiger partial charge in [-0.2, -0.15) is 5.11 Å². The number of aromatic hydroxyl groups is 2. The lowest BCUT2D eigenvalue weighted by Gasteiger charge is -2.06. The number of nitrogens with zero attached hydrogens (tertiary/aromatic N) is 3. The van der Waals surface area contributed by atoms with Gasteiger partial charge in [0, 0.05) is 6.54 Å². The molecule has 0 saturated heterocycles. The molecule has 208 valence electrons. The van der Waals surface area contributed by atoms with Crippen molar-refractivity contribution in [3.63, 3.8) is 0 Å². The number of hydrogen-bond acceptors (Lipinski definition) is 6. The van der Waals surface area contributed by atoms with Crippen LogP contribution in [0.3, 0.4) is 0 Å². The second-order valence-electron chi connectivity index (χ2n) is 9.66. The van der Waals surface area contributed by atoms with Gasteiger partial charge in [0.1, 0.15) is 11.5 Å². The second-order valence-corrected chi connectivity index (χ2v) is 9.66. The molecule has 4 rings (SSSR count). The molecule has 9 heteroatoms. The van der Waals surface area contributed by atoms with Crippen LogP contribution in [0.5, 0.6) is 11.5 Å². The van der Waals surface area contributed by atoms with E-state index < -0.39 is 11.5 Å². The summed E-state index contributed by atoms with van der Waals surface area (Å²) in [5, 5.41) is 33.9. The fourth-order valence-electron chi connectivity index (χ4n) is 4.35. The lowest BCUT2D eigenvalue weighted by Crippen LogP contribution is -2.25. The molecule has 0 bridgehead atoms. The number of para-hydroxylation sites is 1. The van der Waals surface area contributed by atoms with Crippen LogP contribution in [0.15, 0.2) is 87.8 Å². The van der Waals surface area contributed by atoms with Crippen molar-refractivity contribution >= 4 is 17.3 Å². The smallest absolute Gasteiger partial charge is 0.299 e. The van der Waals surface area contributed by atoms with Gasteiger partial charge in [-0.1, -0.05) is 62.9 Å². The Morgan fingerprint density at radius 3 is 2.40 bits per heavy atom. The third kappa shape index (κ3) is 7.47. The molecular weight excluding hydrogens is 506 g/mol. The highest BCUT2D eigenvalue weighted by Crippen LogP contribution is 2.25. The van der Waals surface area contributed by atoms with Crippen molar-refractivity contribution < 1.29 is 15.0 Å². The van der Waals surface area contributed by atoms with Gasteiger partial charge in [0.05, 0.1) is 11.4 Å². The Morgan fingerprint density at radius 2 is 1.65 bits per heavy atom. The van der Waals surface area contributed by atoms with Crippen LogP contribution < -0.4 is 10.9 Å². The van der Waals surface area contributed by atoms with Gasteiger partial charge in [0.25, 0.3) is 11.5 Å². The molecule has 3 aromatic carbocycles. The predicted molar refractivity (Wildman–Crippen MR) is 155 cm³/mol.